The van der Waals surface area contributed by atoms with Gasteiger partial charge in [-0.2, -0.15) is 0 Å². The Morgan fingerprint density at radius 3 is 2.90 bits per heavy atom. The summed E-state index contributed by atoms with van der Waals surface area (Å²) in [4.78, 5) is 0. The van der Waals surface area contributed by atoms with Crippen molar-refractivity contribution in [2.24, 2.45) is 0 Å². The first-order chi connectivity index (χ1) is 10.2. The smallest absolute Gasteiger partial charge is 0.122 e. The van der Waals surface area contributed by atoms with E-state index in [4.69, 9.17) is 16.3 Å². The maximum atomic E-state index is 10.2. The van der Waals surface area contributed by atoms with Gasteiger partial charge in [0.2, 0.25) is 0 Å². The van der Waals surface area contributed by atoms with E-state index in [1.54, 1.807) is 0 Å². The molecule has 2 nitrogen and oxygen atoms in total. The third-order valence-electron chi connectivity index (χ3n) is 3.88. The third kappa shape index (κ3) is 3.78. The minimum atomic E-state index is -0.340. The molecule has 2 aromatic rings. The van der Waals surface area contributed by atoms with Crippen molar-refractivity contribution in [2.75, 3.05) is 6.61 Å². The van der Waals surface area contributed by atoms with E-state index >= 15 is 0 Å². The molecule has 0 saturated heterocycles. The van der Waals surface area contributed by atoms with Crippen molar-refractivity contribution in [2.45, 2.75) is 31.8 Å². The molecule has 0 fully saturated rings. The Morgan fingerprint density at radius 2 is 2.05 bits per heavy atom. The van der Waals surface area contributed by atoms with Crippen LogP contribution in [0.4, 0.5) is 0 Å². The number of aliphatic hydroxyl groups excluding tert-OH is 1. The summed E-state index contributed by atoms with van der Waals surface area (Å²) in [5, 5.41) is 10.9. The van der Waals surface area contributed by atoms with Crippen LogP contribution in [0.25, 0.3) is 0 Å². The molecular weight excluding hydrogens is 284 g/mol. The van der Waals surface area contributed by atoms with Gasteiger partial charge in [0.25, 0.3) is 0 Å². The summed E-state index contributed by atoms with van der Waals surface area (Å²) in [6, 6.07) is 14.0. The number of aliphatic hydroxyl groups is 1. The maximum absolute atomic E-state index is 10.2. The normalized spacial score (nSPS) is 14.6. The van der Waals surface area contributed by atoms with Gasteiger partial charge in [0.15, 0.2) is 0 Å². The second-order valence-electron chi connectivity index (χ2n) is 5.57. The molecule has 0 radical (unpaired) electrons. The van der Waals surface area contributed by atoms with Crippen LogP contribution in [-0.4, -0.2) is 17.8 Å². The summed E-state index contributed by atoms with van der Waals surface area (Å²) in [6.45, 7) is 0.788. The number of ether oxygens (including phenoxy) is 1. The molecule has 1 N–H and O–H groups in total. The molecule has 1 heterocycles. The number of rotatable bonds is 5. The van der Waals surface area contributed by atoms with Crippen LogP contribution in [0.5, 0.6) is 5.75 Å². The highest BCUT2D eigenvalue weighted by Crippen LogP contribution is 2.26. The zero-order valence-corrected chi connectivity index (χ0v) is 12.6. The van der Waals surface area contributed by atoms with Gasteiger partial charge in [-0.25, -0.2) is 0 Å². The predicted molar refractivity (Wildman–Crippen MR) is 85.1 cm³/mol. The van der Waals surface area contributed by atoms with E-state index in [2.05, 4.69) is 12.1 Å². The van der Waals surface area contributed by atoms with Gasteiger partial charge in [-0.1, -0.05) is 35.9 Å². The summed E-state index contributed by atoms with van der Waals surface area (Å²) in [5.74, 6) is 1.01. The van der Waals surface area contributed by atoms with E-state index in [0.29, 0.717) is 6.42 Å². The van der Waals surface area contributed by atoms with Gasteiger partial charge >= 0.3 is 0 Å². The summed E-state index contributed by atoms with van der Waals surface area (Å²) < 4.78 is 5.51. The Kier molecular flexibility index (Phi) is 4.47. The number of fused-ring (bicyclic) bond motifs is 1. The standard InChI is InChI=1S/C18H19ClO2/c19-16-3-1-2-14(11-16)12-17(20)6-4-13-5-7-18-15(10-13)8-9-21-18/h1-3,5,7,10-11,17,20H,4,6,8-9,12H2. The lowest BCUT2D eigenvalue weighted by Crippen LogP contribution is -2.11. The summed E-state index contributed by atoms with van der Waals surface area (Å²) >= 11 is 5.96. The molecule has 0 bridgehead atoms. The van der Waals surface area contributed by atoms with Crippen LogP contribution in [0.15, 0.2) is 42.5 Å². The number of hydrogen-bond donors (Lipinski definition) is 1. The number of benzene rings is 2. The second-order valence-corrected chi connectivity index (χ2v) is 6.00. The topological polar surface area (TPSA) is 29.5 Å². The van der Waals surface area contributed by atoms with E-state index < -0.39 is 0 Å². The largest absolute Gasteiger partial charge is 0.493 e. The highest BCUT2D eigenvalue weighted by molar-refractivity contribution is 6.30. The first kappa shape index (κ1) is 14.4. The first-order valence-corrected chi connectivity index (χ1v) is 7.75. The SMILES string of the molecule is OC(CCc1ccc2c(c1)CCO2)Cc1cccc(Cl)c1. The molecule has 0 amide bonds. The lowest BCUT2D eigenvalue weighted by Gasteiger charge is -2.11. The molecule has 2 aromatic carbocycles. The van der Waals surface area contributed by atoms with Gasteiger partial charge in [0.1, 0.15) is 5.75 Å². The molecule has 21 heavy (non-hydrogen) atoms. The lowest BCUT2D eigenvalue weighted by atomic mass is 9.99. The highest BCUT2D eigenvalue weighted by Gasteiger charge is 2.13. The molecule has 1 aliphatic rings. The quantitative estimate of drug-likeness (QED) is 0.910. The summed E-state index contributed by atoms with van der Waals surface area (Å²) in [5.41, 5.74) is 3.64. The minimum absolute atomic E-state index is 0.340. The molecule has 0 saturated carbocycles. The monoisotopic (exact) mass is 302 g/mol. The van der Waals surface area contributed by atoms with E-state index in [1.165, 1.54) is 11.1 Å². The van der Waals surface area contributed by atoms with Crippen molar-refractivity contribution in [3.05, 3.63) is 64.2 Å². The second kappa shape index (κ2) is 6.50. The number of aryl methyl sites for hydroxylation is 1. The van der Waals surface area contributed by atoms with Crippen molar-refractivity contribution in [1.29, 1.82) is 0 Å². The molecule has 0 aliphatic carbocycles. The average molecular weight is 303 g/mol. The van der Waals surface area contributed by atoms with Crippen LogP contribution in [0.2, 0.25) is 5.02 Å². The Hall–Kier alpha value is -1.51. The highest BCUT2D eigenvalue weighted by atomic mass is 35.5. The predicted octanol–water partition coefficient (Wildman–Crippen LogP) is 3.81. The lowest BCUT2D eigenvalue weighted by molar-refractivity contribution is 0.165. The van der Waals surface area contributed by atoms with Crippen LogP contribution in [-0.2, 0) is 19.3 Å². The van der Waals surface area contributed by atoms with Crippen molar-refractivity contribution < 1.29 is 9.84 Å². The molecule has 3 rings (SSSR count). The summed E-state index contributed by atoms with van der Waals surface area (Å²) in [7, 11) is 0. The number of halogens is 1. The van der Waals surface area contributed by atoms with E-state index in [0.717, 1.165) is 42.2 Å². The zero-order chi connectivity index (χ0) is 14.7. The van der Waals surface area contributed by atoms with Crippen LogP contribution in [0.3, 0.4) is 0 Å². The fourth-order valence-electron chi connectivity index (χ4n) is 2.77. The fraction of sp³-hybridized carbons (Fsp3) is 0.333. The van der Waals surface area contributed by atoms with E-state index in [9.17, 15) is 5.11 Å². The van der Waals surface area contributed by atoms with Crippen LogP contribution >= 0.6 is 11.6 Å². The van der Waals surface area contributed by atoms with Crippen LogP contribution in [0.1, 0.15) is 23.1 Å². The van der Waals surface area contributed by atoms with Crippen molar-refractivity contribution in [3.63, 3.8) is 0 Å². The Morgan fingerprint density at radius 1 is 1.14 bits per heavy atom. The van der Waals surface area contributed by atoms with Crippen LogP contribution in [0, 0.1) is 0 Å². The van der Waals surface area contributed by atoms with Gasteiger partial charge in [-0.3, -0.25) is 0 Å². The first-order valence-electron chi connectivity index (χ1n) is 7.38. The van der Waals surface area contributed by atoms with Crippen molar-refractivity contribution in [3.8, 4) is 5.75 Å². The van der Waals surface area contributed by atoms with Gasteiger partial charge in [0, 0.05) is 11.4 Å². The molecule has 1 aliphatic heterocycles. The zero-order valence-electron chi connectivity index (χ0n) is 11.9. The summed E-state index contributed by atoms with van der Waals surface area (Å²) in [6.07, 6.45) is 2.94. The van der Waals surface area contributed by atoms with Crippen molar-refractivity contribution in [1.82, 2.24) is 0 Å². The molecule has 1 unspecified atom stereocenters. The van der Waals surface area contributed by atoms with E-state index in [1.807, 2.05) is 30.3 Å². The van der Waals surface area contributed by atoms with Gasteiger partial charge in [-0.15, -0.1) is 0 Å². The molecule has 1 atom stereocenters. The molecular formula is C18H19ClO2. The van der Waals surface area contributed by atoms with Gasteiger partial charge in [-0.05, 0) is 54.2 Å². The van der Waals surface area contributed by atoms with Crippen molar-refractivity contribution >= 4 is 11.6 Å². The molecule has 110 valence electrons. The van der Waals surface area contributed by atoms with Gasteiger partial charge in [0.05, 0.1) is 12.7 Å². The Balaban J connectivity index is 1.55. The minimum Gasteiger partial charge on any atom is -0.493 e. The average Bonchev–Trinajstić information content (AvgIpc) is 2.92. The molecule has 0 spiro atoms. The Bertz CT molecular complexity index is 624. The Labute approximate surface area is 130 Å². The third-order valence-corrected chi connectivity index (χ3v) is 4.12. The molecule has 3 heteroatoms. The fourth-order valence-corrected chi connectivity index (χ4v) is 2.98. The maximum Gasteiger partial charge on any atom is 0.122 e. The van der Waals surface area contributed by atoms with E-state index in [-0.39, 0.29) is 6.10 Å². The number of hydrogen-bond acceptors (Lipinski definition) is 2. The molecule has 0 aromatic heterocycles. The van der Waals surface area contributed by atoms with Crippen LogP contribution < -0.4 is 4.74 Å². The van der Waals surface area contributed by atoms with Gasteiger partial charge < -0.3 is 9.84 Å².